The molecule has 0 unspecified atom stereocenters. The van der Waals surface area contributed by atoms with E-state index in [9.17, 15) is 8.42 Å². The molecular formula is C7H5ClO2S. The molecule has 0 spiro atoms. The zero-order valence-electron chi connectivity index (χ0n) is 5.49. The van der Waals surface area contributed by atoms with Crippen molar-refractivity contribution in [3.05, 3.63) is 34.9 Å². The van der Waals surface area contributed by atoms with Crippen LogP contribution in [0.2, 0.25) is 5.02 Å². The summed E-state index contributed by atoms with van der Waals surface area (Å²) in [5.41, 5.74) is 0.628. The van der Waals surface area contributed by atoms with E-state index in [1.165, 1.54) is 0 Å². The SMILES string of the molecule is O=S(=O)=Cc1ccc(Cl)cc1. The number of hydrogen-bond acceptors (Lipinski definition) is 2. The Morgan fingerprint density at radius 3 is 2.18 bits per heavy atom. The van der Waals surface area contributed by atoms with Crippen molar-refractivity contribution in [3.63, 3.8) is 0 Å². The van der Waals surface area contributed by atoms with E-state index in [0.717, 1.165) is 5.37 Å². The Bertz CT molecular complexity index is 356. The van der Waals surface area contributed by atoms with Crippen LogP contribution in [0.1, 0.15) is 5.56 Å². The molecule has 0 N–H and O–H groups in total. The minimum Gasteiger partial charge on any atom is -0.185 e. The van der Waals surface area contributed by atoms with Gasteiger partial charge in [-0.15, -0.1) is 0 Å². The van der Waals surface area contributed by atoms with E-state index in [-0.39, 0.29) is 0 Å². The van der Waals surface area contributed by atoms with Crippen LogP contribution < -0.4 is 0 Å². The highest BCUT2D eigenvalue weighted by atomic mass is 35.5. The van der Waals surface area contributed by atoms with Crippen molar-refractivity contribution in [2.75, 3.05) is 0 Å². The van der Waals surface area contributed by atoms with E-state index in [2.05, 4.69) is 0 Å². The second-order valence-corrected chi connectivity index (χ2v) is 3.12. The summed E-state index contributed by atoms with van der Waals surface area (Å²) >= 11 is 5.58. The molecule has 0 heterocycles. The largest absolute Gasteiger partial charge is 0.214 e. The zero-order valence-corrected chi connectivity index (χ0v) is 7.06. The van der Waals surface area contributed by atoms with E-state index in [1.54, 1.807) is 24.3 Å². The molecule has 58 valence electrons. The fraction of sp³-hybridized carbons (Fsp3) is 0. The van der Waals surface area contributed by atoms with E-state index >= 15 is 0 Å². The molecule has 0 aliphatic carbocycles. The second-order valence-electron chi connectivity index (χ2n) is 1.93. The number of rotatable bonds is 1. The Hall–Kier alpha value is -0.800. The zero-order chi connectivity index (χ0) is 8.27. The Morgan fingerprint density at radius 2 is 1.73 bits per heavy atom. The molecule has 0 amide bonds. The Morgan fingerprint density at radius 1 is 1.18 bits per heavy atom. The summed E-state index contributed by atoms with van der Waals surface area (Å²) in [7, 11) is -2.14. The lowest BCUT2D eigenvalue weighted by Gasteiger charge is -1.88. The second kappa shape index (κ2) is 3.55. The molecule has 1 aromatic carbocycles. The summed E-state index contributed by atoms with van der Waals surface area (Å²) < 4.78 is 20.3. The predicted octanol–water partition coefficient (Wildman–Crippen LogP) is 1.37. The van der Waals surface area contributed by atoms with Gasteiger partial charge in [-0.1, -0.05) is 23.7 Å². The van der Waals surface area contributed by atoms with E-state index in [0.29, 0.717) is 10.6 Å². The highest BCUT2D eigenvalue weighted by Crippen LogP contribution is 2.07. The maximum Gasteiger partial charge on any atom is 0.214 e. The van der Waals surface area contributed by atoms with Gasteiger partial charge in [-0.2, -0.15) is 8.42 Å². The van der Waals surface area contributed by atoms with Gasteiger partial charge in [-0.3, -0.25) is 0 Å². The third kappa shape index (κ3) is 2.74. The van der Waals surface area contributed by atoms with Crippen LogP contribution >= 0.6 is 11.6 Å². The first-order chi connectivity index (χ1) is 5.18. The summed E-state index contributed by atoms with van der Waals surface area (Å²) in [6, 6.07) is 6.55. The van der Waals surface area contributed by atoms with Crippen LogP contribution in [0.4, 0.5) is 0 Å². The minimum absolute atomic E-state index is 0.596. The van der Waals surface area contributed by atoms with Gasteiger partial charge >= 0.3 is 0 Å². The van der Waals surface area contributed by atoms with Crippen molar-refractivity contribution in [1.29, 1.82) is 0 Å². The normalized spacial score (nSPS) is 9.18. The maximum atomic E-state index is 10.2. The van der Waals surface area contributed by atoms with Crippen LogP contribution in [-0.2, 0) is 10.3 Å². The molecule has 0 fully saturated rings. The van der Waals surface area contributed by atoms with Gasteiger partial charge in [0.25, 0.3) is 0 Å². The molecule has 0 saturated carbocycles. The first-order valence-electron chi connectivity index (χ1n) is 2.87. The average Bonchev–Trinajstić information content (AvgIpc) is 1.93. The van der Waals surface area contributed by atoms with Gasteiger partial charge in [0, 0.05) is 5.02 Å². The van der Waals surface area contributed by atoms with Gasteiger partial charge in [-0.25, -0.2) is 0 Å². The first-order valence-corrected chi connectivity index (χ1v) is 4.38. The van der Waals surface area contributed by atoms with Crippen molar-refractivity contribution in [3.8, 4) is 0 Å². The molecule has 1 aromatic rings. The molecule has 4 heteroatoms. The van der Waals surface area contributed by atoms with Crippen molar-refractivity contribution in [1.82, 2.24) is 0 Å². The summed E-state index contributed by atoms with van der Waals surface area (Å²) in [6.07, 6.45) is 0. The molecule has 0 aromatic heterocycles. The summed E-state index contributed by atoms with van der Waals surface area (Å²) in [6.45, 7) is 0. The van der Waals surface area contributed by atoms with E-state index in [1.807, 2.05) is 0 Å². The van der Waals surface area contributed by atoms with Gasteiger partial charge in [0.05, 0.1) is 5.37 Å². The van der Waals surface area contributed by atoms with Crippen molar-refractivity contribution >= 4 is 27.3 Å². The predicted molar refractivity (Wildman–Crippen MR) is 45.5 cm³/mol. The highest BCUT2D eigenvalue weighted by Gasteiger charge is 1.87. The van der Waals surface area contributed by atoms with Crippen LogP contribution in [0.25, 0.3) is 0 Å². The molecule has 2 nitrogen and oxygen atoms in total. The molecule has 0 bridgehead atoms. The molecule has 0 radical (unpaired) electrons. The van der Waals surface area contributed by atoms with Crippen molar-refractivity contribution in [2.45, 2.75) is 0 Å². The smallest absolute Gasteiger partial charge is 0.185 e. The fourth-order valence-corrected chi connectivity index (χ4v) is 1.16. The van der Waals surface area contributed by atoms with E-state index in [4.69, 9.17) is 11.6 Å². The third-order valence-corrected chi connectivity index (χ3v) is 1.82. The number of benzene rings is 1. The monoisotopic (exact) mass is 188 g/mol. The highest BCUT2D eigenvalue weighted by molar-refractivity contribution is 7.71. The Labute approximate surface area is 71.0 Å². The average molecular weight is 189 g/mol. The molecule has 1 rings (SSSR count). The molecule has 0 aliphatic heterocycles. The molecule has 0 aliphatic rings. The lowest BCUT2D eigenvalue weighted by atomic mass is 10.2. The fourth-order valence-electron chi connectivity index (χ4n) is 0.652. The lowest BCUT2D eigenvalue weighted by molar-refractivity contribution is 0.627. The Balaban J connectivity index is 3.09. The first kappa shape index (κ1) is 8.30. The summed E-state index contributed by atoms with van der Waals surface area (Å²) in [4.78, 5) is 0. The maximum absolute atomic E-state index is 10.2. The van der Waals surface area contributed by atoms with Gasteiger partial charge < -0.3 is 0 Å². The van der Waals surface area contributed by atoms with Crippen LogP contribution in [0.5, 0.6) is 0 Å². The summed E-state index contributed by atoms with van der Waals surface area (Å²) in [5.74, 6) is 0. The molecule has 11 heavy (non-hydrogen) atoms. The molecule has 0 atom stereocenters. The number of hydrogen-bond donors (Lipinski definition) is 0. The minimum atomic E-state index is -2.14. The lowest BCUT2D eigenvalue weighted by Crippen LogP contribution is -1.79. The quantitative estimate of drug-likeness (QED) is 0.624. The van der Waals surface area contributed by atoms with E-state index < -0.39 is 10.3 Å². The Kier molecular flexibility index (Phi) is 2.68. The van der Waals surface area contributed by atoms with Gasteiger partial charge in [-0.05, 0) is 17.7 Å². The van der Waals surface area contributed by atoms with Crippen LogP contribution in [0.3, 0.4) is 0 Å². The number of halogens is 1. The third-order valence-electron chi connectivity index (χ3n) is 1.10. The van der Waals surface area contributed by atoms with Gasteiger partial charge in [0.1, 0.15) is 0 Å². The summed E-state index contributed by atoms with van der Waals surface area (Å²) in [5, 5.41) is 1.72. The topological polar surface area (TPSA) is 34.1 Å². The molecular weight excluding hydrogens is 184 g/mol. The van der Waals surface area contributed by atoms with Gasteiger partial charge in [0.2, 0.25) is 10.3 Å². The molecule has 0 saturated heterocycles. The van der Waals surface area contributed by atoms with Crippen LogP contribution in [0.15, 0.2) is 24.3 Å². The van der Waals surface area contributed by atoms with Gasteiger partial charge in [0.15, 0.2) is 0 Å². The van der Waals surface area contributed by atoms with Crippen molar-refractivity contribution in [2.24, 2.45) is 0 Å². The standard InChI is InChI=1S/C7H5ClO2S/c8-7-3-1-6(2-4-7)5-11(9)10/h1-5H. The van der Waals surface area contributed by atoms with Crippen LogP contribution in [-0.4, -0.2) is 13.8 Å². The van der Waals surface area contributed by atoms with Crippen LogP contribution in [0, 0.1) is 0 Å². The van der Waals surface area contributed by atoms with Crippen molar-refractivity contribution < 1.29 is 8.42 Å².